The van der Waals surface area contributed by atoms with E-state index in [1.165, 1.54) is 0 Å². The lowest BCUT2D eigenvalue weighted by atomic mass is 10.1. The number of H-pyrrole nitrogens is 1. The molecule has 2 aromatic rings. The van der Waals surface area contributed by atoms with Crippen LogP contribution in [0, 0.1) is 0 Å². The van der Waals surface area contributed by atoms with E-state index in [9.17, 15) is 4.79 Å². The lowest BCUT2D eigenvalue weighted by molar-refractivity contribution is 0.0946. The zero-order chi connectivity index (χ0) is 13.8. The Kier molecular flexibility index (Phi) is 3.79. The highest BCUT2D eigenvalue weighted by Crippen LogP contribution is 2.21. The monoisotopic (exact) mass is 259 g/mol. The summed E-state index contributed by atoms with van der Waals surface area (Å²) in [4.78, 5) is 16.1. The van der Waals surface area contributed by atoms with E-state index in [1.807, 2.05) is 32.0 Å². The Labute approximate surface area is 111 Å². The number of pyridine rings is 1. The van der Waals surface area contributed by atoms with Crippen LogP contribution >= 0.6 is 0 Å². The van der Waals surface area contributed by atoms with Gasteiger partial charge in [-0.2, -0.15) is 5.10 Å². The van der Waals surface area contributed by atoms with Crippen molar-refractivity contribution in [3.63, 3.8) is 0 Å². The summed E-state index contributed by atoms with van der Waals surface area (Å²) < 4.78 is 0. The maximum atomic E-state index is 12.0. The number of anilines is 1. The van der Waals surface area contributed by atoms with Crippen LogP contribution in [-0.2, 0) is 6.54 Å². The Hall–Kier alpha value is -2.37. The molecular formula is C13H17N5O. The Morgan fingerprint density at radius 1 is 1.47 bits per heavy atom. The van der Waals surface area contributed by atoms with Crippen LogP contribution in [0.1, 0.15) is 41.6 Å². The summed E-state index contributed by atoms with van der Waals surface area (Å²) in [6.45, 7) is 4.32. The van der Waals surface area contributed by atoms with Crippen molar-refractivity contribution in [1.82, 2.24) is 20.5 Å². The van der Waals surface area contributed by atoms with Gasteiger partial charge in [-0.25, -0.2) is 0 Å². The molecule has 1 amide bonds. The number of nitrogen functional groups attached to an aromatic ring is 1. The van der Waals surface area contributed by atoms with Gasteiger partial charge in [0.25, 0.3) is 5.91 Å². The van der Waals surface area contributed by atoms with Gasteiger partial charge in [-0.05, 0) is 18.1 Å². The molecule has 0 aliphatic carbocycles. The fraction of sp³-hybridized carbons (Fsp3) is 0.308. The van der Waals surface area contributed by atoms with Crippen LogP contribution < -0.4 is 11.1 Å². The second-order valence-electron chi connectivity index (χ2n) is 4.56. The van der Waals surface area contributed by atoms with E-state index in [-0.39, 0.29) is 17.5 Å². The molecule has 0 saturated heterocycles. The van der Waals surface area contributed by atoms with Crippen molar-refractivity contribution in [2.75, 3.05) is 5.73 Å². The second-order valence-corrected chi connectivity index (χ2v) is 4.56. The number of rotatable bonds is 4. The van der Waals surface area contributed by atoms with Crippen molar-refractivity contribution >= 4 is 11.6 Å². The van der Waals surface area contributed by atoms with Crippen molar-refractivity contribution in [1.29, 1.82) is 0 Å². The summed E-state index contributed by atoms with van der Waals surface area (Å²) in [5.74, 6) is -0.101. The van der Waals surface area contributed by atoms with Crippen molar-refractivity contribution < 1.29 is 4.79 Å². The fourth-order valence-electron chi connectivity index (χ4n) is 1.73. The highest BCUT2D eigenvalue weighted by molar-refractivity contribution is 5.97. The molecule has 0 fully saturated rings. The molecule has 4 N–H and O–H groups in total. The third-order valence-electron chi connectivity index (χ3n) is 2.78. The molecule has 0 unspecified atom stereocenters. The molecule has 0 radical (unpaired) electrons. The molecule has 0 bridgehead atoms. The van der Waals surface area contributed by atoms with Gasteiger partial charge in [-0.15, -0.1) is 0 Å². The zero-order valence-corrected chi connectivity index (χ0v) is 11.0. The topological polar surface area (TPSA) is 96.7 Å². The van der Waals surface area contributed by atoms with Gasteiger partial charge < -0.3 is 11.1 Å². The summed E-state index contributed by atoms with van der Waals surface area (Å²) in [5.41, 5.74) is 8.12. The first-order chi connectivity index (χ1) is 9.09. The lowest BCUT2D eigenvalue weighted by Crippen LogP contribution is -2.24. The maximum absolute atomic E-state index is 12.0. The second kappa shape index (κ2) is 5.51. The van der Waals surface area contributed by atoms with Crippen molar-refractivity contribution in [3.05, 3.63) is 41.5 Å². The minimum atomic E-state index is -0.300. The summed E-state index contributed by atoms with van der Waals surface area (Å²) in [6.07, 6.45) is 1.68. The van der Waals surface area contributed by atoms with Crippen LogP contribution in [0.5, 0.6) is 0 Å². The van der Waals surface area contributed by atoms with Gasteiger partial charge in [0.15, 0.2) is 5.69 Å². The van der Waals surface area contributed by atoms with Crippen molar-refractivity contribution in [2.24, 2.45) is 0 Å². The number of aromatic nitrogens is 3. The van der Waals surface area contributed by atoms with Crippen molar-refractivity contribution in [2.45, 2.75) is 26.3 Å². The number of nitrogens with two attached hydrogens (primary N) is 1. The summed E-state index contributed by atoms with van der Waals surface area (Å²) in [6, 6.07) is 5.54. The average Bonchev–Trinajstić information content (AvgIpc) is 2.79. The Balaban J connectivity index is 2.05. The van der Waals surface area contributed by atoms with Gasteiger partial charge in [0, 0.05) is 6.20 Å². The average molecular weight is 259 g/mol. The zero-order valence-electron chi connectivity index (χ0n) is 11.0. The van der Waals surface area contributed by atoms with Gasteiger partial charge in [0.05, 0.1) is 23.6 Å². The number of carbonyl (C=O) groups excluding carboxylic acids is 1. The Morgan fingerprint density at radius 2 is 2.26 bits per heavy atom. The number of hydrogen-bond donors (Lipinski definition) is 3. The van der Waals surface area contributed by atoms with E-state index in [0.717, 1.165) is 11.4 Å². The van der Waals surface area contributed by atoms with E-state index in [0.29, 0.717) is 12.2 Å². The minimum absolute atomic E-state index is 0.199. The first kappa shape index (κ1) is 13.1. The number of nitrogens with zero attached hydrogens (tertiary/aromatic N) is 2. The molecule has 0 atom stereocenters. The Bertz CT molecular complexity index is 562. The van der Waals surface area contributed by atoms with Crippen LogP contribution in [-0.4, -0.2) is 21.1 Å². The Morgan fingerprint density at radius 3 is 2.84 bits per heavy atom. The van der Waals surface area contributed by atoms with E-state index in [2.05, 4.69) is 20.5 Å². The number of carbonyl (C=O) groups is 1. The molecule has 6 heteroatoms. The standard InChI is InChI=1S/C13H17N5O/c1-8(2)11-10(14)12(18-17-11)13(19)16-7-9-5-3-4-6-15-9/h3-6,8H,7,14H2,1-2H3,(H,16,19)(H,17,18). The number of nitrogens with one attached hydrogen (secondary N) is 2. The molecule has 0 aliphatic heterocycles. The van der Waals surface area contributed by atoms with Gasteiger partial charge in [-0.3, -0.25) is 14.9 Å². The first-order valence-corrected chi connectivity index (χ1v) is 6.11. The number of aromatic amines is 1. The minimum Gasteiger partial charge on any atom is -0.395 e. The van der Waals surface area contributed by atoms with E-state index >= 15 is 0 Å². The van der Waals surface area contributed by atoms with E-state index in [1.54, 1.807) is 6.20 Å². The molecule has 2 rings (SSSR count). The maximum Gasteiger partial charge on any atom is 0.274 e. The molecule has 0 aliphatic rings. The van der Waals surface area contributed by atoms with Crippen LogP contribution in [0.3, 0.4) is 0 Å². The molecule has 0 saturated carbocycles. The van der Waals surface area contributed by atoms with Crippen LogP contribution in [0.4, 0.5) is 5.69 Å². The van der Waals surface area contributed by atoms with Crippen molar-refractivity contribution in [3.8, 4) is 0 Å². The van der Waals surface area contributed by atoms with Crippen LogP contribution in [0.15, 0.2) is 24.4 Å². The van der Waals surface area contributed by atoms with E-state index in [4.69, 9.17) is 5.73 Å². The van der Waals surface area contributed by atoms with Gasteiger partial charge in [0.1, 0.15) is 0 Å². The highest BCUT2D eigenvalue weighted by atomic mass is 16.1. The summed E-state index contributed by atoms with van der Waals surface area (Å²) in [5, 5.41) is 9.51. The number of amides is 1. The normalized spacial score (nSPS) is 10.7. The SMILES string of the molecule is CC(C)c1[nH]nc(C(=O)NCc2ccccn2)c1N. The molecular weight excluding hydrogens is 242 g/mol. The third-order valence-corrected chi connectivity index (χ3v) is 2.78. The smallest absolute Gasteiger partial charge is 0.274 e. The van der Waals surface area contributed by atoms with Gasteiger partial charge >= 0.3 is 0 Å². The van der Waals surface area contributed by atoms with Crippen LogP contribution in [0.2, 0.25) is 0 Å². The largest absolute Gasteiger partial charge is 0.395 e. The molecule has 19 heavy (non-hydrogen) atoms. The number of hydrogen-bond acceptors (Lipinski definition) is 4. The molecule has 0 aromatic carbocycles. The molecule has 100 valence electrons. The lowest BCUT2D eigenvalue weighted by Gasteiger charge is -2.04. The molecule has 2 aromatic heterocycles. The van der Waals surface area contributed by atoms with Crippen LogP contribution in [0.25, 0.3) is 0 Å². The molecule has 2 heterocycles. The predicted octanol–water partition coefficient (Wildman–Crippen LogP) is 1.44. The summed E-state index contributed by atoms with van der Waals surface area (Å²) in [7, 11) is 0. The molecule has 0 spiro atoms. The van der Waals surface area contributed by atoms with Gasteiger partial charge in [-0.1, -0.05) is 19.9 Å². The fourth-order valence-corrected chi connectivity index (χ4v) is 1.73. The molecule has 6 nitrogen and oxygen atoms in total. The first-order valence-electron chi connectivity index (χ1n) is 6.11. The van der Waals surface area contributed by atoms with E-state index < -0.39 is 0 Å². The highest BCUT2D eigenvalue weighted by Gasteiger charge is 2.18. The van der Waals surface area contributed by atoms with Gasteiger partial charge in [0.2, 0.25) is 0 Å². The predicted molar refractivity (Wildman–Crippen MR) is 72.5 cm³/mol. The quantitative estimate of drug-likeness (QED) is 0.774. The third kappa shape index (κ3) is 2.90. The summed E-state index contributed by atoms with van der Waals surface area (Å²) >= 11 is 0.